The zero-order chi connectivity index (χ0) is 13.2. The van der Waals surface area contributed by atoms with E-state index in [0.717, 1.165) is 44.6 Å². The van der Waals surface area contributed by atoms with E-state index < -0.39 is 0 Å². The molecule has 106 valence electrons. The van der Waals surface area contributed by atoms with Crippen molar-refractivity contribution < 1.29 is 0 Å². The Morgan fingerprint density at radius 2 is 1.67 bits per heavy atom. The second-order valence-corrected chi connectivity index (χ2v) is 6.74. The second kappa shape index (κ2) is 5.87. The Bertz CT molecular complexity index is 251. The molecule has 2 fully saturated rings. The summed E-state index contributed by atoms with van der Waals surface area (Å²) in [5, 5.41) is 2.40. The van der Waals surface area contributed by atoms with Crippen molar-refractivity contribution in [3.8, 4) is 0 Å². The van der Waals surface area contributed by atoms with Crippen LogP contribution in [0, 0.1) is 11.8 Å². The number of nitrogens with two attached hydrogens (primary N) is 1. The predicted octanol–water partition coefficient (Wildman–Crippen LogP) is 0.892. The Labute approximate surface area is 112 Å². The fraction of sp³-hybridized carbons (Fsp3) is 1.00. The molecule has 1 saturated carbocycles. The molecule has 0 aromatic rings. The van der Waals surface area contributed by atoms with Gasteiger partial charge in [0.15, 0.2) is 0 Å². The molecule has 3 N–H and O–H groups in total. The highest BCUT2D eigenvalue weighted by Crippen LogP contribution is 2.35. The van der Waals surface area contributed by atoms with Crippen LogP contribution in [-0.4, -0.2) is 55.2 Å². The maximum atomic E-state index is 6.11. The van der Waals surface area contributed by atoms with Gasteiger partial charge in [-0.25, -0.2) is 10.4 Å². The Balaban J connectivity index is 1.95. The summed E-state index contributed by atoms with van der Waals surface area (Å²) in [6.45, 7) is 10.0. The van der Waals surface area contributed by atoms with Gasteiger partial charge in [0.05, 0.1) is 0 Å². The molecule has 1 saturated heterocycles. The number of hydrogen-bond acceptors (Lipinski definition) is 4. The van der Waals surface area contributed by atoms with Crippen LogP contribution in [0.5, 0.6) is 0 Å². The molecule has 2 unspecified atom stereocenters. The zero-order valence-electron chi connectivity index (χ0n) is 12.3. The largest absolute Gasteiger partial charge is 0.329 e. The van der Waals surface area contributed by atoms with E-state index in [2.05, 4.69) is 36.2 Å². The summed E-state index contributed by atoms with van der Waals surface area (Å²) in [5.74, 6) is 1.58. The fourth-order valence-corrected chi connectivity index (χ4v) is 3.83. The van der Waals surface area contributed by atoms with Gasteiger partial charge >= 0.3 is 0 Å². The van der Waals surface area contributed by atoms with Crippen molar-refractivity contribution >= 4 is 0 Å². The molecule has 0 amide bonds. The summed E-state index contributed by atoms with van der Waals surface area (Å²) < 4.78 is 0. The summed E-state index contributed by atoms with van der Waals surface area (Å²) in [6.07, 6.45) is 3.80. The van der Waals surface area contributed by atoms with Gasteiger partial charge in [-0.1, -0.05) is 13.8 Å². The maximum absolute atomic E-state index is 6.11. The molecule has 0 aromatic heterocycles. The molecular weight excluding hydrogens is 224 g/mol. The van der Waals surface area contributed by atoms with Gasteiger partial charge in [-0.2, -0.15) is 0 Å². The highest BCUT2D eigenvalue weighted by Gasteiger charge is 2.38. The Hall–Kier alpha value is -0.160. The van der Waals surface area contributed by atoms with Crippen LogP contribution >= 0.6 is 0 Å². The maximum Gasteiger partial charge on any atom is 0.0453 e. The number of likely N-dealkylation sites (N-methyl/N-ethyl adjacent to an activating group) is 1. The summed E-state index contributed by atoms with van der Waals surface area (Å²) in [7, 11) is 2.20. The van der Waals surface area contributed by atoms with Crippen molar-refractivity contribution in [2.45, 2.75) is 38.6 Å². The lowest BCUT2D eigenvalue weighted by Gasteiger charge is -2.47. The molecule has 0 aromatic carbocycles. The van der Waals surface area contributed by atoms with Gasteiger partial charge in [0.25, 0.3) is 0 Å². The summed E-state index contributed by atoms with van der Waals surface area (Å²) in [6, 6.07) is 0. The van der Waals surface area contributed by atoms with Crippen LogP contribution in [0.1, 0.15) is 33.1 Å². The number of rotatable bonds is 3. The third kappa shape index (κ3) is 3.44. The average molecular weight is 254 g/mol. The number of nitrogens with one attached hydrogen (secondary N) is 1. The van der Waals surface area contributed by atoms with Crippen LogP contribution in [0.25, 0.3) is 0 Å². The number of hydrogen-bond donors (Lipinski definition) is 2. The van der Waals surface area contributed by atoms with E-state index in [0.29, 0.717) is 0 Å². The molecule has 1 heterocycles. The van der Waals surface area contributed by atoms with Crippen molar-refractivity contribution in [1.29, 1.82) is 0 Å². The first-order valence-electron chi connectivity index (χ1n) is 7.44. The topological polar surface area (TPSA) is 44.5 Å². The predicted molar refractivity (Wildman–Crippen MR) is 76.2 cm³/mol. The van der Waals surface area contributed by atoms with Crippen LogP contribution in [0.4, 0.5) is 0 Å². The van der Waals surface area contributed by atoms with Gasteiger partial charge in [-0.15, -0.1) is 0 Å². The molecular formula is C14H30N4. The van der Waals surface area contributed by atoms with Gasteiger partial charge in [0, 0.05) is 38.3 Å². The van der Waals surface area contributed by atoms with Gasteiger partial charge in [-0.3, -0.25) is 0 Å². The van der Waals surface area contributed by atoms with Crippen LogP contribution in [0.15, 0.2) is 0 Å². The minimum Gasteiger partial charge on any atom is -0.329 e. The molecule has 2 aliphatic rings. The minimum atomic E-state index is 0.146. The Kier molecular flexibility index (Phi) is 4.64. The van der Waals surface area contributed by atoms with Gasteiger partial charge in [0.2, 0.25) is 0 Å². The van der Waals surface area contributed by atoms with Gasteiger partial charge in [0.1, 0.15) is 0 Å². The van der Waals surface area contributed by atoms with E-state index in [1.165, 1.54) is 19.3 Å². The Morgan fingerprint density at radius 3 is 2.17 bits per heavy atom. The van der Waals surface area contributed by atoms with Crippen LogP contribution in [0.3, 0.4) is 0 Å². The molecule has 4 heteroatoms. The summed E-state index contributed by atoms with van der Waals surface area (Å²) in [5.41, 5.74) is 10.0. The zero-order valence-corrected chi connectivity index (χ0v) is 12.3. The summed E-state index contributed by atoms with van der Waals surface area (Å²) in [4.78, 5) is 2.39. The minimum absolute atomic E-state index is 0.146. The average Bonchev–Trinajstić information content (AvgIpc) is 2.31. The fourth-order valence-electron chi connectivity index (χ4n) is 3.83. The SMILES string of the molecule is CC1CC(C)CC(CN)(NN2CCN(C)CC2)C1. The first-order chi connectivity index (χ1) is 8.53. The van der Waals surface area contributed by atoms with Crippen molar-refractivity contribution in [3.63, 3.8) is 0 Å². The number of nitrogens with zero attached hydrogens (tertiary/aromatic N) is 2. The van der Waals surface area contributed by atoms with Crippen molar-refractivity contribution in [2.24, 2.45) is 17.6 Å². The Morgan fingerprint density at radius 1 is 1.11 bits per heavy atom. The molecule has 0 radical (unpaired) electrons. The highest BCUT2D eigenvalue weighted by molar-refractivity contribution is 4.95. The molecule has 0 spiro atoms. The molecule has 2 rings (SSSR count). The van der Waals surface area contributed by atoms with E-state index in [4.69, 9.17) is 5.73 Å². The second-order valence-electron chi connectivity index (χ2n) is 6.74. The molecule has 1 aliphatic heterocycles. The third-order valence-corrected chi connectivity index (χ3v) is 4.57. The normalized spacial score (nSPS) is 40.0. The number of hydrazine groups is 1. The van der Waals surface area contributed by atoms with E-state index >= 15 is 0 Å². The van der Waals surface area contributed by atoms with E-state index in [-0.39, 0.29) is 5.54 Å². The lowest BCUT2D eigenvalue weighted by atomic mass is 9.72. The summed E-state index contributed by atoms with van der Waals surface area (Å²) >= 11 is 0. The number of piperazine rings is 1. The quantitative estimate of drug-likeness (QED) is 0.785. The van der Waals surface area contributed by atoms with Crippen molar-refractivity contribution in [2.75, 3.05) is 39.8 Å². The van der Waals surface area contributed by atoms with Crippen LogP contribution in [0.2, 0.25) is 0 Å². The lowest BCUT2D eigenvalue weighted by molar-refractivity contribution is 0.0197. The monoisotopic (exact) mass is 254 g/mol. The first-order valence-corrected chi connectivity index (χ1v) is 7.44. The van der Waals surface area contributed by atoms with Crippen LogP contribution in [-0.2, 0) is 0 Å². The standard InChI is InChI=1S/C14H30N4/c1-12-8-13(2)10-14(9-12,11-15)16-18-6-4-17(3)5-7-18/h12-13,16H,4-11,15H2,1-3H3. The van der Waals surface area contributed by atoms with E-state index in [1.807, 2.05) is 0 Å². The van der Waals surface area contributed by atoms with E-state index in [1.54, 1.807) is 0 Å². The smallest absolute Gasteiger partial charge is 0.0453 e. The van der Waals surface area contributed by atoms with E-state index in [9.17, 15) is 0 Å². The molecule has 0 bridgehead atoms. The third-order valence-electron chi connectivity index (χ3n) is 4.57. The van der Waals surface area contributed by atoms with Gasteiger partial charge in [-0.05, 0) is 38.1 Å². The molecule has 1 aliphatic carbocycles. The molecule has 2 atom stereocenters. The first kappa shape index (κ1) is 14.3. The van der Waals surface area contributed by atoms with Gasteiger partial charge < -0.3 is 10.6 Å². The molecule has 18 heavy (non-hydrogen) atoms. The molecule has 4 nitrogen and oxygen atoms in total. The lowest BCUT2D eigenvalue weighted by Crippen LogP contribution is -2.64. The van der Waals surface area contributed by atoms with Crippen molar-refractivity contribution in [3.05, 3.63) is 0 Å². The highest BCUT2D eigenvalue weighted by atomic mass is 15.5. The van der Waals surface area contributed by atoms with Crippen molar-refractivity contribution in [1.82, 2.24) is 15.3 Å². The van der Waals surface area contributed by atoms with Crippen LogP contribution < -0.4 is 11.2 Å².